The van der Waals surface area contributed by atoms with Gasteiger partial charge in [-0.1, -0.05) is 0 Å². The van der Waals surface area contributed by atoms with Crippen LogP contribution in [-0.4, -0.2) is 38.8 Å². The number of rotatable bonds is 4. The lowest BCUT2D eigenvalue weighted by Gasteiger charge is -2.29. The molecule has 0 aromatic carbocycles. The first kappa shape index (κ1) is 14.3. The van der Waals surface area contributed by atoms with Gasteiger partial charge in [-0.25, -0.2) is 13.4 Å². The molecule has 2 atom stereocenters. The molecule has 0 spiro atoms. The van der Waals surface area contributed by atoms with Gasteiger partial charge in [-0.15, -0.1) is 0 Å². The molecule has 2 rings (SSSR count). The lowest BCUT2D eigenvalue weighted by molar-refractivity contribution is 0.346. The fourth-order valence-corrected chi connectivity index (χ4v) is 3.23. The summed E-state index contributed by atoms with van der Waals surface area (Å²) in [4.78, 5) is 4.44. The van der Waals surface area contributed by atoms with Gasteiger partial charge in [0.25, 0.3) is 0 Å². The number of nitrogens with one attached hydrogen (secondary N) is 2. The molecule has 6 heteroatoms. The van der Waals surface area contributed by atoms with Gasteiger partial charge < -0.3 is 10.6 Å². The van der Waals surface area contributed by atoms with Crippen molar-refractivity contribution in [2.75, 3.05) is 24.7 Å². The molecule has 0 amide bonds. The van der Waals surface area contributed by atoms with Crippen LogP contribution in [0.5, 0.6) is 0 Å². The highest BCUT2D eigenvalue weighted by molar-refractivity contribution is 7.90. The van der Waals surface area contributed by atoms with Crippen molar-refractivity contribution in [2.24, 2.45) is 5.92 Å². The molecule has 1 aliphatic rings. The van der Waals surface area contributed by atoms with Crippen LogP contribution in [0.2, 0.25) is 0 Å². The fourth-order valence-electron chi connectivity index (χ4n) is 2.44. The lowest BCUT2D eigenvalue weighted by Crippen LogP contribution is -2.39. The number of hydrogen-bond donors (Lipinski definition) is 2. The number of aromatic nitrogens is 1. The highest BCUT2D eigenvalue weighted by Gasteiger charge is 2.22. The van der Waals surface area contributed by atoms with Gasteiger partial charge in [-0.05, 0) is 50.9 Å². The molecule has 1 aromatic heterocycles. The van der Waals surface area contributed by atoms with E-state index in [0.717, 1.165) is 25.9 Å². The monoisotopic (exact) mass is 283 g/mol. The van der Waals surface area contributed by atoms with E-state index in [1.165, 1.54) is 6.26 Å². The topological polar surface area (TPSA) is 71.1 Å². The average molecular weight is 283 g/mol. The minimum absolute atomic E-state index is 0.197. The van der Waals surface area contributed by atoms with Crippen LogP contribution in [0.4, 0.5) is 5.82 Å². The molecule has 1 aliphatic heterocycles. The van der Waals surface area contributed by atoms with E-state index in [0.29, 0.717) is 11.7 Å². The third-order valence-corrected chi connectivity index (χ3v) is 4.71. The van der Waals surface area contributed by atoms with E-state index in [1.807, 2.05) is 0 Å². The van der Waals surface area contributed by atoms with Crippen LogP contribution in [0.3, 0.4) is 0 Å². The first-order valence-corrected chi connectivity index (χ1v) is 8.50. The van der Waals surface area contributed by atoms with E-state index in [9.17, 15) is 8.42 Å². The second-order valence-corrected chi connectivity index (χ2v) is 7.15. The molecular weight excluding hydrogens is 262 g/mol. The standard InChI is InChI=1S/C13H21N3O2S/c1-10(11-5-3-7-14-9-11)16-13-12(19(2,17)18)6-4-8-15-13/h4,6,8,10-11,14H,3,5,7,9H2,1-2H3,(H,15,16). The zero-order valence-corrected chi connectivity index (χ0v) is 12.2. The maximum atomic E-state index is 11.7. The number of sulfone groups is 1. The summed E-state index contributed by atoms with van der Waals surface area (Å²) in [6.07, 6.45) is 5.14. The molecule has 2 N–H and O–H groups in total. The predicted octanol–water partition coefficient (Wildman–Crippen LogP) is 1.29. The van der Waals surface area contributed by atoms with Crippen LogP contribution < -0.4 is 10.6 Å². The van der Waals surface area contributed by atoms with Crippen molar-refractivity contribution in [2.45, 2.75) is 30.7 Å². The SMILES string of the molecule is CC(Nc1ncccc1S(C)(=O)=O)C1CCCNC1. The van der Waals surface area contributed by atoms with Gasteiger partial charge >= 0.3 is 0 Å². The molecule has 1 fully saturated rings. The summed E-state index contributed by atoms with van der Waals surface area (Å²) in [5.74, 6) is 0.964. The quantitative estimate of drug-likeness (QED) is 0.871. The largest absolute Gasteiger partial charge is 0.366 e. The van der Waals surface area contributed by atoms with Crippen molar-refractivity contribution in [1.29, 1.82) is 0 Å². The summed E-state index contributed by atoms with van der Waals surface area (Å²) < 4.78 is 23.4. The van der Waals surface area contributed by atoms with Crippen LogP contribution in [0.1, 0.15) is 19.8 Å². The first-order valence-electron chi connectivity index (χ1n) is 6.61. The van der Waals surface area contributed by atoms with Crippen LogP contribution in [0, 0.1) is 5.92 Å². The van der Waals surface area contributed by atoms with Crippen LogP contribution in [0.25, 0.3) is 0 Å². The summed E-state index contributed by atoms with van der Waals surface area (Å²) in [6.45, 7) is 4.12. The number of nitrogens with zero attached hydrogens (tertiary/aromatic N) is 1. The Balaban J connectivity index is 2.14. The summed E-state index contributed by atoms with van der Waals surface area (Å²) in [6, 6.07) is 3.44. The maximum Gasteiger partial charge on any atom is 0.179 e. The Morgan fingerprint density at radius 3 is 2.95 bits per heavy atom. The molecular formula is C13H21N3O2S. The molecule has 19 heavy (non-hydrogen) atoms. The maximum absolute atomic E-state index is 11.7. The molecule has 5 nitrogen and oxygen atoms in total. The highest BCUT2D eigenvalue weighted by Crippen LogP contribution is 2.22. The molecule has 1 saturated heterocycles. The third-order valence-electron chi connectivity index (χ3n) is 3.58. The second kappa shape index (κ2) is 5.88. The molecule has 0 saturated carbocycles. The molecule has 0 radical (unpaired) electrons. The van der Waals surface area contributed by atoms with E-state index in [1.54, 1.807) is 18.3 Å². The first-order chi connectivity index (χ1) is 8.98. The van der Waals surface area contributed by atoms with E-state index in [4.69, 9.17) is 0 Å². The zero-order chi connectivity index (χ0) is 13.9. The zero-order valence-electron chi connectivity index (χ0n) is 11.4. The smallest absolute Gasteiger partial charge is 0.179 e. The van der Waals surface area contributed by atoms with Gasteiger partial charge in [0, 0.05) is 18.5 Å². The van der Waals surface area contributed by atoms with Gasteiger partial charge in [0.1, 0.15) is 10.7 Å². The molecule has 0 aliphatic carbocycles. The second-order valence-electron chi connectivity index (χ2n) is 5.16. The van der Waals surface area contributed by atoms with E-state index in [2.05, 4.69) is 22.5 Å². The Hall–Kier alpha value is -1.14. The summed E-state index contributed by atoms with van der Waals surface area (Å²) >= 11 is 0. The summed E-state index contributed by atoms with van der Waals surface area (Å²) in [5, 5.41) is 6.62. The Morgan fingerprint density at radius 2 is 2.32 bits per heavy atom. The minimum Gasteiger partial charge on any atom is -0.366 e. The van der Waals surface area contributed by atoms with Crippen LogP contribution in [0.15, 0.2) is 23.2 Å². The Morgan fingerprint density at radius 1 is 1.53 bits per heavy atom. The molecule has 106 valence electrons. The number of pyridine rings is 1. The average Bonchev–Trinajstić information content (AvgIpc) is 2.39. The van der Waals surface area contributed by atoms with Crippen molar-refractivity contribution in [3.8, 4) is 0 Å². The van der Waals surface area contributed by atoms with Crippen molar-refractivity contribution in [3.63, 3.8) is 0 Å². The van der Waals surface area contributed by atoms with Crippen molar-refractivity contribution in [1.82, 2.24) is 10.3 Å². The van der Waals surface area contributed by atoms with Gasteiger partial charge in [-0.3, -0.25) is 0 Å². The van der Waals surface area contributed by atoms with Gasteiger partial charge in [0.05, 0.1) is 0 Å². The molecule has 2 heterocycles. The third kappa shape index (κ3) is 3.67. The van der Waals surface area contributed by atoms with E-state index < -0.39 is 9.84 Å². The van der Waals surface area contributed by atoms with Gasteiger partial charge in [-0.2, -0.15) is 0 Å². The summed E-state index contributed by atoms with van der Waals surface area (Å²) in [5.41, 5.74) is 0. The fraction of sp³-hybridized carbons (Fsp3) is 0.615. The van der Waals surface area contributed by atoms with Gasteiger partial charge in [0.15, 0.2) is 9.84 Å². The van der Waals surface area contributed by atoms with Crippen molar-refractivity contribution < 1.29 is 8.42 Å². The number of hydrogen-bond acceptors (Lipinski definition) is 5. The van der Waals surface area contributed by atoms with Crippen molar-refractivity contribution >= 4 is 15.7 Å². The minimum atomic E-state index is -3.25. The number of piperidine rings is 1. The number of anilines is 1. The Bertz CT molecular complexity index is 524. The van der Waals surface area contributed by atoms with E-state index in [-0.39, 0.29) is 10.9 Å². The van der Waals surface area contributed by atoms with E-state index >= 15 is 0 Å². The summed E-state index contributed by atoms with van der Waals surface area (Å²) in [7, 11) is -3.25. The molecule has 2 unspecified atom stereocenters. The predicted molar refractivity (Wildman–Crippen MR) is 76.0 cm³/mol. The normalized spacial score (nSPS) is 21.9. The molecule has 0 bridgehead atoms. The van der Waals surface area contributed by atoms with Crippen LogP contribution in [-0.2, 0) is 9.84 Å². The van der Waals surface area contributed by atoms with Gasteiger partial charge in [0.2, 0.25) is 0 Å². The molecule has 1 aromatic rings. The Labute approximate surface area is 114 Å². The lowest BCUT2D eigenvalue weighted by atomic mass is 9.93. The highest BCUT2D eigenvalue weighted by atomic mass is 32.2. The van der Waals surface area contributed by atoms with Crippen LogP contribution >= 0.6 is 0 Å². The Kier molecular flexibility index (Phi) is 4.42. The van der Waals surface area contributed by atoms with Crippen molar-refractivity contribution in [3.05, 3.63) is 18.3 Å².